The Balaban J connectivity index is 1.59. The molecule has 0 aromatic heterocycles. The van der Waals surface area contributed by atoms with E-state index in [9.17, 15) is 4.79 Å². The topological polar surface area (TPSA) is 41.5 Å². The molecular weight excluding hydrogens is 284 g/mol. The molecule has 0 unspecified atom stereocenters. The number of rotatable bonds is 5. The van der Waals surface area contributed by atoms with E-state index in [1.54, 1.807) is 6.21 Å². The molecular formula is C20H18N2O. The summed E-state index contributed by atoms with van der Waals surface area (Å²) in [6.45, 7) is 0. The minimum Gasteiger partial charge on any atom is -0.273 e. The van der Waals surface area contributed by atoms with Gasteiger partial charge >= 0.3 is 0 Å². The van der Waals surface area contributed by atoms with Crippen molar-refractivity contribution in [2.45, 2.75) is 12.8 Å². The lowest BCUT2D eigenvalue weighted by molar-refractivity contribution is -0.120. The van der Waals surface area contributed by atoms with Crippen LogP contribution in [0.3, 0.4) is 0 Å². The average molecular weight is 302 g/mol. The Morgan fingerprint density at radius 2 is 1.65 bits per heavy atom. The third kappa shape index (κ3) is 4.04. The number of nitrogens with zero attached hydrogens (tertiary/aromatic N) is 1. The first kappa shape index (κ1) is 15.0. The Hall–Kier alpha value is -2.94. The first-order valence-electron chi connectivity index (χ1n) is 7.64. The van der Waals surface area contributed by atoms with Crippen molar-refractivity contribution in [1.29, 1.82) is 0 Å². The molecule has 0 aliphatic rings. The summed E-state index contributed by atoms with van der Waals surface area (Å²) in [6, 6.07) is 24.1. The van der Waals surface area contributed by atoms with E-state index in [1.165, 1.54) is 5.56 Å². The lowest BCUT2D eigenvalue weighted by Gasteiger charge is -2.05. The first-order valence-corrected chi connectivity index (χ1v) is 7.64. The van der Waals surface area contributed by atoms with Crippen LogP contribution in [0.5, 0.6) is 0 Å². The molecule has 23 heavy (non-hydrogen) atoms. The molecule has 0 fully saturated rings. The Morgan fingerprint density at radius 3 is 2.52 bits per heavy atom. The highest BCUT2D eigenvalue weighted by molar-refractivity contribution is 5.90. The van der Waals surface area contributed by atoms with Crippen molar-refractivity contribution in [2.75, 3.05) is 0 Å². The van der Waals surface area contributed by atoms with Crippen molar-refractivity contribution in [2.24, 2.45) is 5.10 Å². The summed E-state index contributed by atoms with van der Waals surface area (Å²) in [4.78, 5) is 12.0. The number of hydrogen-bond acceptors (Lipinski definition) is 2. The molecule has 1 amide bonds. The Labute approximate surface area is 135 Å². The summed E-state index contributed by atoms with van der Waals surface area (Å²) in [5.41, 5.74) is 4.78. The van der Waals surface area contributed by atoms with E-state index in [4.69, 9.17) is 0 Å². The molecule has 114 valence electrons. The minimum absolute atomic E-state index is 0.106. The molecule has 0 aliphatic heterocycles. The molecule has 0 saturated heterocycles. The molecule has 0 aliphatic carbocycles. The van der Waals surface area contributed by atoms with E-state index in [2.05, 4.69) is 22.7 Å². The second-order valence-electron chi connectivity index (χ2n) is 5.35. The van der Waals surface area contributed by atoms with Gasteiger partial charge in [0, 0.05) is 12.6 Å². The van der Waals surface area contributed by atoms with Gasteiger partial charge in [-0.25, -0.2) is 5.43 Å². The fourth-order valence-corrected chi connectivity index (χ4v) is 2.54. The van der Waals surface area contributed by atoms with Crippen LogP contribution in [-0.2, 0) is 17.6 Å². The average Bonchev–Trinajstić information content (AvgIpc) is 2.60. The molecule has 1 N–H and O–H groups in total. The lowest BCUT2D eigenvalue weighted by Crippen LogP contribution is -2.20. The molecule has 0 radical (unpaired) electrons. The van der Waals surface area contributed by atoms with Crippen LogP contribution in [0, 0.1) is 0 Å². The van der Waals surface area contributed by atoms with Crippen molar-refractivity contribution >= 4 is 22.9 Å². The second-order valence-corrected chi connectivity index (χ2v) is 5.35. The molecule has 0 bridgehead atoms. The highest BCUT2D eigenvalue weighted by atomic mass is 16.2. The zero-order valence-electron chi connectivity index (χ0n) is 12.8. The van der Waals surface area contributed by atoms with Gasteiger partial charge in [-0.2, -0.15) is 5.10 Å². The number of carbonyl (C=O) groups excluding carboxylic acids is 1. The molecule has 3 aromatic rings. The summed E-state index contributed by atoms with van der Waals surface area (Å²) in [5, 5.41) is 6.27. The van der Waals surface area contributed by atoms with E-state index in [0.717, 1.165) is 16.3 Å². The van der Waals surface area contributed by atoms with Crippen molar-refractivity contribution in [3.8, 4) is 0 Å². The molecule has 3 rings (SSSR count). The second kappa shape index (κ2) is 7.36. The Morgan fingerprint density at radius 1 is 0.913 bits per heavy atom. The van der Waals surface area contributed by atoms with Crippen LogP contribution in [0.4, 0.5) is 0 Å². The highest BCUT2D eigenvalue weighted by Gasteiger charge is 2.05. The molecule has 3 aromatic carbocycles. The summed E-state index contributed by atoms with van der Waals surface area (Å²) < 4.78 is 0. The third-order valence-corrected chi connectivity index (χ3v) is 3.68. The molecule has 0 heterocycles. The third-order valence-electron chi connectivity index (χ3n) is 3.68. The maximum absolute atomic E-state index is 12.0. The highest BCUT2D eigenvalue weighted by Crippen LogP contribution is 2.18. The van der Waals surface area contributed by atoms with Gasteiger partial charge in [0.1, 0.15) is 0 Å². The molecule has 0 spiro atoms. The smallest absolute Gasteiger partial charge is 0.244 e. The van der Waals surface area contributed by atoms with Crippen molar-refractivity contribution in [3.63, 3.8) is 0 Å². The van der Waals surface area contributed by atoms with Crippen LogP contribution in [0.15, 0.2) is 77.9 Å². The van der Waals surface area contributed by atoms with Crippen LogP contribution < -0.4 is 5.43 Å². The normalized spacial score (nSPS) is 11.0. The van der Waals surface area contributed by atoms with E-state index < -0.39 is 0 Å². The van der Waals surface area contributed by atoms with Gasteiger partial charge in [0.25, 0.3) is 0 Å². The molecule has 3 nitrogen and oxygen atoms in total. The van der Waals surface area contributed by atoms with Crippen LogP contribution in [0.25, 0.3) is 10.8 Å². The quantitative estimate of drug-likeness (QED) is 0.566. The van der Waals surface area contributed by atoms with Gasteiger partial charge in [-0.3, -0.25) is 4.79 Å². The zero-order valence-corrected chi connectivity index (χ0v) is 12.8. The van der Waals surface area contributed by atoms with E-state index >= 15 is 0 Å². The maximum Gasteiger partial charge on any atom is 0.244 e. The minimum atomic E-state index is -0.106. The summed E-state index contributed by atoms with van der Waals surface area (Å²) in [7, 11) is 0. The van der Waals surface area contributed by atoms with E-state index in [1.807, 2.05) is 60.7 Å². The number of carbonyl (C=O) groups is 1. The van der Waals surface area contributed by atoms with Gasteiger partial charge in [-0.15, -0.1) is 0 Å². The van der Waals surface area contributed by atoms with Gasteiger partial charge in [0.05, 0.1) is 6.42 Å². The fraction of sp³-hybridized carbons (Fsp3) is 0.100. The molecule has 0 atom stereocenters. The van der Waals surface area contributed by atoms with Gasteiger partial charge in [0.2, 0.25) is 5.91 Å². The van der Waals surface area contributed by atoms with Gasteiger partial charge in [0.15, 0.2) is 0 Å². The predicted molar refractivity (Wildman–Crippen MR) is 94.4 cm³/mol. The number of hydrazone groups is 1. The Kier molecular flexibility index (Phi) is 4.79. The summed E-state index contributed by atoms with van der Waals surface area (Å²) in [6.07, 6.45) is 2.75. The monoisotopic (exact) mass is 302 g/mol. The fourth-order valence-electron chi connectivity index (χ4n) is 2.54. The van der Waals surface area contributed by atoms with Gasteiger partial charge in [-0.05, 0) is 21.9 Å². The van der Waals surface area contributed by atoms with Crippen molar-refractivity contribution in [1.82, 2.24) is 5.43 Å². The van der Waals surface area contributed by atoms with Gasteiger partial charge in [-0.1, -0.05) is 72.8 Å². The number of nitrogens with one attached hydrogen (secondary N) is 1. The summed E-state index contributed by atoms with van der Waals surface area (Å²) in [5.74, 6) is -0.106. The van der Waals surface area contributed by atoms with Gasteiger partial charge < -0.3 is 0 Å². The lowest BCUT2D eigenvalue weighted by atomic mass is 10.0. The number of amides is 1. The van der Waals surface area contributed by atoms with Crippen LogP contribution in [0.2, 0.25) is 0 Å². The maximum atomic E-state index is 12.0. The van der Waals surface area contributed by atoms with Crippen LogP contribution in [0.1, 0.15) is 11.1 Å². The van der Waals surface area contributed by atoms with E-state index in [0.29, 0.717) is 12.8 Å². The summed E-state index contributed by atoms with van der Waals surface area (Å²) >= 11 is 0. The number of benzene rings is 3. The zero-order chi connectivity index (χ0) is 15.9. The van der Waals surface area contributed by atoms with Crippen molar-refractivity contribution in [3.05, 3.63) is 83.9 Å². The molecule has 3 heteroatoms. The van der Waals surface area contributed by atoms with E-state index in [-0.39, 0.29) is 5.91 Å². The first-order chi connectivity index (χ1) is 11.3. The van der Waals surface area contributed by atoms with Crippen molar-refractivity contribution < 1.29 is 4.79 Å². The van der Waals surface area contributed by atoms with Crippen LogP contribution >= 0.6 is 0 Å². The predicted octanol–water partition coefficient (Wildman–Crippen LogP) is 3.73. The molecule has 0 saturated carbocycles. The standard InChI is InChI=1S/C20H18N2O/c23-20(22-21-14-13-16-7-2-1-3-8-16)15-18-11-6-10-17-9-4-5-12-19(17)18/h1-12,14H,13,15H2,(H,22,23)/b21-14+. The largest absolute Gasteiger partial charge is 0.273 e. The SMILES string of the molecule is O=C(Cc1cccc2ccccc12)N/N=C/Cc1ccccc1. The number of fused-ring (bicyclic) bond motifs is 1. The van der Waals surface area contributed by atoms with Crippen LogP contribution in [-0.4, -0.2) is 12.1 Å². The number of hydrogen-bond donors (Lipinski definition) is 1. The Bertz CT molecular complexity index is 820.